The Morgan fingerprint density at radius 2 is 1.29 bits per heavy atom. The van der Waals surface area contributed by atoms with E-state index in [1.807, 2.05) is 0 Å². The Balaban J connectivity index is 0.00000220. The van der Waals surface area contributed by atoms with Gasteiger partial charge in [-0.2, -0.15) is 26.3 Å². The van der Waals surface area contributed by atoms with E-state index in [-0.39, 0.29) is 29.7 Å². The van der Waals surface area contributed by atoms with Crippen molar-refractivity contribution in [2.45, 2.75) is 12.4 Å². The first-order valence-corrected chi connectivity index (χ1v) is 5.39. The largest absolute Gasteiger partial charge is 0.416 e. The monoisotopic (exact) mass is 327 g/mol. The standard InChI is InChI=1S/C13H7F6N.ClH/c14-12(15,16)9-5-8(11-3-1-2-4-20-11)6-10(7-9)13(17,18)19;/h1-7H;1H. The van der Waals surface area contributed by atoms with E-state index in [0.29, 0.717) is 12.1 Å². The fraction of sp³-hybridized carbons (Fsp3) is 0.154. The summed E-state index contributed by atoms with van der Waals surface area (Å²) in [7, 11) is 0. The van der Waals surface area contributed by atoms with Gasteiger partial charge in [0.15, 0.2) is 0 Å². The molecule has 0 bridgehead atoms. The topological polar surface area (TPSA) is 12.9 Å². The lowest BCUT2D eigenvalue weighted by Gasteiger charge is -2.13. The molecule has 0 saturated heterocycles. The molecule has 0 aliphatic rings. The minimum Gasteiger partial charge on any atom is -0.256 e. The molecule has 21 heavy (non-hydrogen) atoms. The summed E-state index contributed by atoms with van der Waals surface area (Å²) in [5.74, 6) is 0. The molecule has 0 radical (unpaired) electrons. The van der Waals surface area contributed by atoms with Crippen molar-refractivity contribution in [2.24, 2.45) is 0 Å². The summed E-state index contributed by atoms with van der Waals surface area (Å²) in [5.41, 5.74) is -2.89. The summed E-state index contributed by atoms with van der Waals surface area (Å²) in [6.45, 7) is 0. The second kappa shape index (κ2) is 5.93. The fourth-order valence-corrected chi connectivity index (χ4v) is 1.64. The number of benzene rings is 1. The minimum absolute atomic E-state index is 0. The molecule has 0 unspecified atom stereocenters. The highest BCUT2D eigenvalue weighted by Gasteiger charge is 2.37. The predicted molar refractivity (Wildman–Crippen MR) is 66.9 cm³/mol. The van der Waals surface area contributed by atoms with E-state index < -0.39 is 23.5 Å². The Morgan fingerprint density at radius 1 is 0.762 bits per heavy atom. The summed E-state index contributed by atoms with van der Waals surface area (Å²) in [6, 6.07) is 5.73. The second-order valence-electron chi connectivity index (χ2n) is 4.01. The molecule has 1 aromatic carbocycles. The molecule has 0 fully saturated rings. The van der Waals surface area contributed by atoms with Gasteiger partial charge in [0.1, 0.15) is 0 Å². The third-order valence-corrected chi connectivity index (χ3v) is 2.55. The van der Waals surface area contributed by atoms with Crippen molar-refractivity contribution >= 4 is 12.4 Å². The molecule has 2 rings (SSSR count). The van der Waals surface area contributed by atoms with Crippen LogP contribution in [0, 0.1) is 0 Å². The molecule has 8 heteroatoms. The Labute approximate surface area is 122 Å². The van der Waals surface area contributed by atoms with Gasteiger partial charge in [0.05, 0.1) is 16.8 Å². The zero-order chi connectivity index (χ0) is 15.0. The van der Waals surface area contributed by atoms with Crippen molar-refractivity contribution in [3.8, 4) is 11.3 Å². The lowest BCUT2D eigenvalue weighted by molar-refractivity contribution is -0.143. The number of rotatable bonds is 1. The van der Waals surface area contributed by atoms with E-state index in [4.69, 9.17) is 0 Å². The van der Waals surface area contributed by atoms with Gasteiger partial charge in [0.2, 0.25) is 0 Å². The summed E-state index contributed by atoms with van der Waals surface area (Å²) in [6.07, 6.45) is -8.42. The smallest absolute Gasteiger partial charge is 0.256 e. The van der Waals surface area contributed by atoms with Gasteiger partial charge in [0.25, 0.3) is 0 Å². The van der Waals surface area contributed by atoms with Gasteiger partial charge in [-0.3, -0.25) is 4.98 Å². The summed E-state index contributed by atoms with van der Waals surface area (Å²) < 4.78 is 76.0. The van der Waals surface area contributed by atoms with Crippen molar-refractivity contribution in [3.05, 3.63) is 53.7 Å². The van der Waals surface area contributed by atoms with Crippen LogP contribution in [0.2, 0.25) is 0 Å². The normalized spacial score (nSPS) is 11.9. The van der Waals surface area contributed by atoms with Crippen LogP contribution in [0.4, 0.5) is 26.3 Å². The molecular formula is C13H8ClF6N. The van der Waals surface area contributed by atoms with E-state index >= 15 is 0 Å². The van der Waals surface area contributed by atoms with E-state index in [0.717, 1.165) is 0 Å². The molecule has 114 valence electrons. The number of nitrogens with zero attached hydrogens (tertiary/aromatic N) is 1. The van der Waals surface area contributed by atoms with E-state index in [1.165, 1.54) is 24.4 Å². The van der Waals surface area contributed by atoms with Crippen LogP contribution >= 0.6 is 12.4 Å². The molecule has 1 aromatic heterocycles. The zero-order valence-electron chi connectivity index (χ0n) is 10.2. The molecule has 0 spiro atoms. The average Bonchev–Trinajstić information content (AvgIpc) is 2.37. The lowest BCUT2D eigenvalue weighted by Crippen LogP contribution is -2.11. The first kappa shape index (κ1) is 17.3. The Bertz CT molecular complexity index is 574. The number of alkyl halides is 6. The highest BCUT2D eigenvalue weighted by atomic mass is 35.5. The Hall–Kier alpha value is -1.76. The van der Waals surface area contributed by atoms with Crippen molar-refractivity contribution in [2.75, 3.05) is 0 Å². The van der Waals surface area contributed by atoms with Gasteiger partial charge in [-0.25, -0.2) is 0 Å². The number of halogens is 7. The van der Waals surface area contributed by atoms with Crippen LogP contribution in [0.3, 0.4) is 0 Å². The molecule has 1 heterocycles. The first-order valence-electron chi connectivity index (χ1n) is 5.39. The summed E-state index contributed by atoms with van der Waals surface area (Å²) >= 11 is 0. The van der Waals surface area contributed by atoms with E-state index in [9.17, 15) is 26.3 Å². The molecule has 0 atom stereocenters. The SMILES string of the molecule is Cl.FC(F)(F)c1cc(-c2ccccn2)cc(C(F)(F)F)c1. The molecule has 0 aliphatic carbocycles. The summed E-state index contributed by atoms with van der Waals surface area (Å²) in [5, 5.41) is 0. The third-order valence-electron chi connectivity index (χ3n) is 2.55. The van der Waals surface area contributed by atoms with Crippen molar-refractivity contribution < 1.29 is 26.3 Å². The molecule has 0 saturated carbocycles. The first-order chi connectivity index (χ1) is 9.18. The van der Waals surface area contributed by atoms with Crippen LogP contribution in [0.1, 0.15) is 11.1 Å². The highest BCUT2D eigenvalue weighted by molar-refractivity contribution is 5.85. The van der Waals surface area contributed by atoms with Gasteiger partial charge in [-0.1, -0.05) is 6.07 Å². The molecule has 2 aromatic rings. The van der Waals surface area contributed by atoms with E-state index in [2.05, 4.69) is 4.98 Å². The Kier molecular flexibility index (Phi) is 4.88. The van der Waals surface area contributed by atoms with Crippen LogP contribution in [0.5, 0.6) is 0 Å². The minimum atomic E-state index is -4.86. The lowest BCUT2D eigenvalue weighted by atomic mass is 10.0. The number of pyridine rings is 1. The van der Waals surface area contributed by atoms with Crippen LogP contribution in [0.15, 0.2) is 42.6 Å². The molecule has 0 N–H and O–H groups in total. The number of hydrogen-bond acceptors (Lipinski definition) is 1. The van der Waals surface area contributed by atoms with Gasteiger partial charge in [-0.05, 0) is 30.3 Å². The van der Waals surface area contributed by atoms with Crippen LogP contribution in [-0.4, -0.2) is 4.98 Å². The van der Waals surface area contributed by atoms with Crippen LogP contribution < -0.4 is 0 Å². The number of hydrogen-bond donors (Lipinski definition) is 0. The predicted octanol–water partition coefficient (Wildman–Crippen LogP) is 5.21. The zero-order valence-corrected chi connectivity index (χ0v) is 11.0. The maximum absolute atomic E-state index is 12.7. The third kappa shape index (κ3) is 4.10. The van der Waals surface area contributed by atoms with E-state index in [1.54, 1.807) is 0 Å². The Morgan fingerprint density at radius 3 is 1.67 bits per heavy atom. The highest BCUT2D eigenvalue weighted by Crippen LogP contribution is 2.38. The molecule has 0 aliphatic heterocycles. The maximum atomic E-state index is 12.7. The van der Waals surface area contributed by atoms with Crippen molar-refractivity contribution in [3.63, 3.8) is 0 Å². The molecule has 1 nitrogen and oxygen atoms in total. The molecule has 0 amide bonds. The van der Waals surface area contributed by atoms with Gasteiger partial charge in [0, 0.05) is 11.8 Å². The van der Waals surface area contributed by atoms with Gasteiger partial charge in [-0.15, -0.1) is 12.4 Å². The number of aromatic nitrogens is 1. The average molecular weight is 328 g/mol. The summed E-state index contributed by atoms with van der Waals surface area (Å²) in [4.78, 5) is 3.76. The van der Waals surface area contributed by atoms with Gasteiger partial charge < -0.3 is 0 Å². The quantitative estimate of drug-likeness (QED) is 0.655. The maximum Gasteiger partial charge on any atom is 0.416 e. The fourth-order valence-electron chi connectivity index (χ4n) is 1.64. The van der Waals surface area contributed by atoms with Crippen LogP contribution in [-0.2, 0) is 12.4 Å². The molecular weight excluding hydrogens is 320 g/mol. The van der Waals surface area contributed by atoms with Crippen molar-refractivity contribution in [1.29, 1.82) is 0 Å². The second-order valence-corrected chi connectivity index (χ2v) is 4.01. The van der Waals surface area contributed by atoms with Gasteiger partial charge >= 0.3 is 12.4 Å². The van der Waals surface area contributed by atoms with Crippen molar-refractivity contribution in [1.82, 2.24) is 4.98 Å². The van der Waals surface area contributed by atoms with Crippen LogP contribution in [0.25, 0.3) is 11.3 Å².